The van der Waals surface area contributed by atoms with E-state index >= 15 is 0 Å². The zero-order valence-electron chi connectivity index (χ0n) is 11.1. The number of aromatic nitrogens is 1. The summed E-state index contributed by atoms with van der Waals surface area (Å²) in [5, 5.41) is 2.95. The number of carbonyl (C=O) groups excluding carboxylic acids is 1. The van der Waals surface area contributed by atoms with Gasteiger partial charge in [0.15, 0.2) is 12.0 Å². The van der Waals surface area contributed by atoms with Crippen LogP contribution in [0.5, 0.6) is 0 Å². The Morgan fingerprint density at radius 3 is 3.26 bits per heavy atom. The van der Waals surface area contributed by atoms with Crippen LogP contribution in [0.4, 0.5) is 0 Å². The number of hydrogen-bond donors (Lipinski definition) is 1. The summed E-state index contributed by atoms with van der Waals surface area (Å²) in [6, 6.07) is 4.18. The lowest BCUT2D eigenvalue weighted by atomic mass is 9.97. The summed E-state index contributed by atoms with van der Waals surface area (Å²) in [4.78, 5) is 15.5. The molecule has 4 heteroatoms. The molecule has 1 N–H and O–H groups in total. The minimum absolute atomic E-state index is 0.121. The third kappa shape index (κ3) is 2.23. The maximum Gasteiger partial charge on any atom is 0.219 e. The Kier molecular flexibility index (Phi) is 3.23. The number of carbonyl (C=O) groups is 1. The van der Waals surface area contributed by atoms with Gasteiger partial charge in [0, 0.05) is 18.5 Å². The third-order valence-corrected chi connectivity index (χ3v) is 3.93. The molecule has 0 saturated heterocycles. The lowest BCUT2D eigenvalue weighted by Gasteiger charge is -2.12. The van der Waals surface area contributed by atoms with Crippen LogP contribution in [-0.2, 0) is 11.2 Å². The van der Waals surface area contributed by atoms with E-state index in [0.29, 0.717) is 12.3 Å². The van der Waals surface area contributed by atoms with E-state index in [1.165, 1.54) is 17.5 Å². The zero-order valence-corrected chi connectivity index (χ0v) is 11.1. The highest BCUT2D eigenvalue weighted by Gasteiger charge is 2.26. The fourth-order valence-corrected chi connectivity index (χ4v) is 2.93. The number of amides is 1. The van der Waals surface area contributed by atoms with Crippen LogP contribution >= 0.6 is 0 Å². The number of oxazole rings is 1. The second kappa shape index (κ2) is 5.03. The van der Waals surface area contributed by atoms with Gasteiger partial charge in [-0.2, -0.15) is 0 Å². The number of nitrogens with zero attached hydrogens (tertiary/aromatic N) is 1. The molecule has 0 unspecified atom stereocenters. The van der Waals surface area contributed by atoms with Gasteiger partial charge in [0.05, 0.1) is 0 Å². The van der Waals surface area contributed by atoms with E-state index < -0.39 is 0 Å². The van der Waals surface area contributed by atoms with Crippen molar-refractivity contribution >= 4 is 17.0 Å². The average Bonchev–Trinajstić information content (AvgIpc) is 3.03. The van der Waals surface area contributed by atoms with Gasteiger partial charge >= 0.3 is 0 Å². The highest BCUT2D eigenvalue weighted by molar-refractivity contribution is 5.79. The Balaban J connectivity index is 1.77. The minimum atomic E-state index is 0.121. The molecule has 0 spiro atoms. The van der Waals surface area contributed by atoms with Gasteiger partial charge in [-0.3, -0.25) is 4.79 Å². The number of aryl methyl sites for hydroxylation is 1. The number of rotatable bonds is 4. The molecule has 0 radical (unpaired) electrons. The van der Waals surface area contributed by atoms with Crippen LogP contribution in [0, 0.1) is 0 Å². The summed E-state index contributed by atoms with van der Waals surface area (Å²) < 4.78 is 5.54. The monoisotopic (exact) mass is 258 g/mol. The number of fused-ring (bicyclic) bond motifs is 3. The van der Waals surface area contributed by atoms with Crippen molar-refractivity contribution in [3.8, 4) is 0 Å². The van der Waals surface area contributed by atoms with Gasteiger partial charge < -0.3 is 9.73 Å². The Hall–Kier alpha value is -1.84. The van der Waals surface area contributed by atoms with E-state index in [9.17, 15) is 4.79 Å². The molecule has 3 rings (SSSR count). The molecule has 1 heterocycles. The van der Waals surface area contributed by atoms with Crippen LogP contribution in [0.2, 0.25) is 0 Å². The van der Waals surface area contributed by atoms with Crippen molar-refractivity contribution in [3.05, 3.63) is 29.7 Å². The highest BCUT2D eigenvalue weighted by Crippen LogP contribution is 2.39. The summed E-state index contributed by atoms with van der Waals surface area (Å²) in [5.41, 5.74) is 4.54. The molecule has 2 aromatic rings. The minimum Gasteiger partial charge on any atom is -0.443 e. The molecule has 0 bridgehead atoms. The molecule has 100 valence electrons. The van der Waals surface area contributed by atoms with Crippen molar-refractivity contribution in [3.63, 3.8) is 0 Å². The summed E-state index contributed by atoms with van der Waals surface area (Å²) >= 11 is 0. The largest absolute Gasteiger partial charge is 0.443 e. The molecule has 4 nitrogen and oxygen atoms in total. The van der Waals surface area contributed by atoms with Crippen LogP contribution in [0.3, 0.4) is 0 Å². The van der Waals surface area contributed by atoms with Crippen molar-refractivity contribution in [2.45, 2.75) is 38.5 Å². The second-order valence-corrected chi connectivity index (χ2v) is 5.07. The maximum absolute atomic E-state index is 11.3. The SMILES string of the molecule is CCC(=O)NCC[C@H]1CCc2ccc3ncoc3c21. The van der Waals surface area contributed by atoms with Crippen LogP contribution in [0.1, 0.15) is 43.2 Å². The third-order valence-electron chi connectivity index (χ3n) is 3.93. The molecule has 1 atom stereocenters. The number of hydrogen-bond acceptors (Lipinski definition) is 3. The van der Waals surface area contributed by atoms with Crippen LogP contribution in [0.25, 0.3) is 11.1 Å². The molecule has 0 fully saturated rings. The van der Waals surface area contributed by atoms with Crippen molar-refractivity contribution < 1.29 is 9.21 Å². The molecular weight excluding hydrogens is 240 g/mol. The van der Waals surface area contributed by atoms with Crippen molar-refractivity contribution in [2.75, 3.05) is 6.54 Å². The van der Waals surface area contributed by atoms with E-state index in [1.54, 1.807) is 0 Å². The molecular formula is C15H18N2O2. The van der Waals surface area contributed by atoms with Crippen LogP contribution in [0.15, 0.2) is 22.9 Å². The van der Waals surface area contributed by atoms with E-state index in [0.717, 1.165) is 36.9 Å². The van der Waals surface area contributed by atoms with Gasteiger partial charge in [-0.05, 0) is 36.8 Å². The van der Waals surface area contributed by atoms with Crippen molar-refractivity contribution in [1.29, 1.82) is 0 Å². The lowest BCUT2D eigenvalue weighted by molar-refractivity contribution is -0.120. The van der Waals surface area contributed by atoms with E-state index in [4.69, 9.17) is 4.42 Å². The van der Waals surface area contributed by atoms with Gasteiger partial charge in [-0.25, -0.2) is 4.98 Å². The van der Waals surface area contributed by atoms with Crippen molar-refractivity contribution in [2.24, 2.45) is 0 Å². The molecule has 1 aliphatic rings. The number of nitrogens with one attached hydrogen (secondary N) is 1. The predicted molar refractivity (Wildman–Crippen MR) is 73.0 cm³/mol. The summed E-state index contributed by atoms with van der Waals surface area (Å²) in [7, 11) is 0. The van der Waals surface area contributed by atoms with Gasteiger partial charge in [0.1, 0.15) is 5.52 Å². The first kappa shape index (κ1) is 12.2. The van der Waals surface area contributed by atoms with E-state index in [2.05, 4.69) is 16.4 Å². The molecule has 1 aromatic heterocycles. The van der Waals surface area contributed by atoms with Gasteiger partial charge in [-0.15, -0.1) is 0 Å². The Morgan fingerprint density at radius 2 is 2.42 bits per heavy atom. The number of benzene rings is 1. The molecule has 0 saturated carbocycles. The quantitative estimate of drug-likeness (QED) is 0.917. The predicted octanol–water partition coefficient (Wildman–Crippen LogP) is 2.77. The fourth-order valence-electron chi connectivity index (χ4n) is 2.93. The van der Waals surface area contributed by atoms with E-state index in [-0.39, 0.29) is 5.91 Å². The standard InChI is InChI=1S/C15H18N2O2/c1-2-13(18)16-8-7-11-4-3-10-5-6-12-15(14(10)11)19-9-17-12/h5-6,9,11H,2-4,7-8H2,1H3,(H,16,18)/t11-/m1/s1. The zero-order chi connectivity index (χ0) is 13.2. The Labute approximate surface area is 112 Å². The maximum atomic E-state index is 11.3. The van der Waals surface area contributed by atoms with Crippen LogP contribution < -0.4 is 5.32 Å². The first-order chi connectivity index (χ1) is 9.29. The first-order valence-corrected chi connectivity index (χ1v) is 6.91. The molecule has 1 aliphatic carbocycles. The molecule has 19 heavy (non-hydrogen) atoms. The Morgan fingerprint density at radius 1 is 1.53 bits per heavy atom. The normalized spacial score (nSPS) is 17.6. The average molecular weight is 258 g/mol. The fraction of sp³-hybridized carbons (Fsp3) is 0.467. The molecule has 0 aliphatic heterocycles. The molecule has 1 amide bonds. The topological polar surface area (TPSA) is 55.1 Å². The van der Waals surface area contributed by atoms with Crippen LogP contribution in [-0.4, -0.2) is 17.4 Å². The van der Waals surface area contributed by atoms with Crippen molar-refractivity contribution in [1.82, 2.24) is 10.3 Å². The summed E-state index contributed by atoms with van der Waals surface area (Å²) in [6.07, 6.45) is 5.26. The summed E-state index contributed by atoms with van der Waals surface area (Å²) in [5.74, 6) is 0.597. The highest BCUT2D eigenvalue weighted by atomic mass is 16.3. The second-order valence-electron chi connectivity index (χ2n) is 5.07. The molecule has 1 aromatic carbocycles. The van der Waals surface area contributed by atoms with Gasteiger partial charge in [-0.1, -0.05) is 13.0 Å². The first-order valence-electron chi connectivity index (χ1n) is 6.91. The summed E-state index contributed by atoms with van der Waals surface area (Å²) in [6.45, 7) is 2.61. The van der Waals surface area contributed by atoms with E-state index in [1.807, 2.05) is 13.0 Å². The van der Waals surface area contributed by atoms with Gasteiger partial charge in [0.25, 0.3) is 0 Å². The van der Waals surface area contributed by atoms with Gasteiger partial charge in [0.2, 0.25) is 5.91 Å². The lowest BCUT2D eigenvalue weighted by Crippen LogP contribution is -2.24. The smallest absolute Gasteiger partial charge is 0.219 e. The Bertz CT molecular complexity index is 603.